The van der Waals surface area contributed by atoms with Gasteiger partial charge in [0.25, 0.3) is 5.91 Å². The molecule has 0 saturated heterocycles. The maximum Gasteiger partial charge on any atom is 0.343 e. The Balaban J connectivity index is 2.37. The minimum absolute atomic E-state index is 0.162. The molecule has 1 amide bonds. The molecule has 9 heteroatoms. The van der Waals surface area contributed by atoms with E-state index in [4.69, 9.17) is 18.9 Å². The summed E-state index contributed by atoms with van der Waals surface area (Å²) in [4.78, 5) is 24.7. The van der Waals surface area contributed by atoms with E-state index in [0.717, 1.165) is 0 Å². The Bertz CT molecular complexity index is 790. The van der Waals surface area contributed by atoms with Crippen molar-refractivity contribution >= 4 is 17.7 Å². The molecular weight excluding hydrogens is 342 g/mol. The number of hydrogen-bond donors (Lipinski definition) is 1. The molecule has 2 rings (SSSR count). The van der Waals surface area contributed by atoms with Crippen molar-refractivity contribution in [3.63, 3.8) is 0 Å². The smallest absolute Gasteiger partial charge is 0.343 e. The summed E-state index contributed by atoms with van der Waals surface area (Å²) in [6, 6.07) is 3.02. The van der Waals surface area contributed by atoms with E-state index in [9.17, 15) is 9.59 Å². The monoisotopic (exact) mass is 363 g/mol. The van der Waals surface area contributed by atoms with Gasteiger partial charge in [0.15, 0.2) is 11.5 Å². The van der Waals surface area contributed by atoms with Crippen LogP contribution in [0, 0.1) is 0 Å². The summed E-state index contributed by atoms with van der Waals surface area (Å²) in [6.07, 6.45) is 1.34. The van der Waals surface area contributed by atoms with Crippen LogP contribution in [0.25, 0.3) is 0 Å². The number of anilines is 1. The highest BCUT2D eigenvalue weighted by Crippen LogP contribution is 2.38. The van der Waals surface area contributed by atoms with Crippen molar-refractivity contribution in [2.75, 3.05) is 33.3 Å². The number of amides is 1. The van der Waals surface area contributed by atoms with Crippen LogP contribution in [0.5, 0.6) is 17.2 Å². The zero-order valence-corrected chi connectivity index (χ0v) is 15.3. The fourth-order valence-corrected chi connectivity index (χ4v) is 2.34. The van der Waals surface area contributed by atoms with Crippen LogP contribution in [0.15, 0.2) is 18.3 Å². The average Bonchev–Trinajstić information content (AvgIpc) is 3.01. The number of ether oxygens (including phenoxy) is 4. The molecule has 1 heterocycles. The molecule has 26 heavy (non-hydrogen) atoms. The second-order valence-electron chi connectivity index (χ2n) is 5.12. The lowest BCUT2D eigenvalue weighted by Gasteiger charge is -2.14. The van der Waals surface area contributed by atoms with E-state index in [1.807, 2.05) is 0 Å². The van der Waals surface area contributed by atoms with Gasteiger partial charge < -0.3 is 24.3 Å². The van der Waals surface area contributed by atoms with E-state index < -0.39 is 11.9 Å². The third-order valence-corrected chi connectivity index (χ3v) is 3.59. The van der Waals surface area contributed by atoms with Crippen molar-refractivity contribution in [2.45, 2.75) is 6.92 Å². The van der Waals surface area contributed by atoms with Crippen molar-refractivity contribution in [3.8, 4) is 17.2 Å². The standard InChI is InChI=1S/C17H21N3O6/c1-6-26-17(22)11-9-18-20(2)15(11)19-16(21)10-7-12(23-3)14(25-5)13(8-10)24-4/h7-9H,6H2,1-5H3,(H,19,21). The number of rotatable bonds is 7. The van der Waals surface area contributed by atoms with Gasteiger partial charge in [0.2, 0.25) is 5.75 Å². The molecule has 0 fully saturated rings. The summed E-state index contributed by atoms with van der Waals surface area (Å²) >= 11 is 0. The van der Waals surface area contributed by atoms with Crippen molar-refractivity contribution < 1.29 is 28.5 Å². The Kier molecular flexibility index (Phi) is 6.05. The van der Waals surface area contributed by atoms with Crippen molar-refractivity contribution in [1.82, 2.24) is 9.78 Å². The lowest BCUT2D eigenvalue weighted by atomic mass is 10.1. The summed E-state index contributed by atoms with van der Waals surface area (Å²) in [5.74, 6) is 0.237. The molecule has 9 nitrogen and oxygen atoms in total. The van der Waals surface area contributed by atoms with Crippen LogP contribution < -0.4 is 19.5 Å². The van der Waals surface area contributed by atoms with Gasteiger partial charge >= 0.3 is 5.97 Å². The first-order valence-electron chi connectivity index (χ1n) is 7.77. The fraction of sp³-hybridized carbons (Fsp3) is 0.353. The Labute approximate surface area is 150 Å². The van der Waals surface area contributed by atoms with Gasteiger partial charge in [-0.1, -0.05) is 0 Å². The summed E-state index contributed by atoms with van der Waals surface area (Å²) in [5.41, 5.74) is 0.422. The normalized spacial score (nSPS) is 10.2. The molecule has 0 unspecified atom stereocenters. The van der Waals surface area contributed by atoms with E-state index >= 15 is 0 Å². The predicted molar refractivity (Wildman–Crippen MR) is 93.2 cm³/mol. The number of nitrogens with zero attached hydrogens (tertiary/aromatic N) is 2. The topological polar surface area (TPSA) is 101 Å². The largest absolute Gasteiger partial charge is 0.493 e. The molecule has 1 aromatic carbocycles. The van der Waals surface area contributed by atoms with Gasteiger partial charge in [-0.2, -0.15) is 5.10 Å². The van der Waals surface area contributed by atoms with E-state index in [-0.39, 0.29) is 23.6 Å². The lowest BCUT2D eigenvalue weighted by Crippen LogP contribution is -2.18. The number of esters is 1. The quantitative estimate of drug-likeness (QED) is 0.750. The van der Waals surface area contributed by atoms with Gasteiger partial charge in [-0.05, 0) is 19.1 Å². The Morgan fingerprint density at radius 3 is 2.23 bits per heavy atom. The Morgan fingerprint density at radius 1 is 1.12 bits per heavy atom. The van der Waals surface area contributed by atoms with Crippen LogP contribution in [-0.2, 0) is 11.8 Å². The molecule has 0 aliphatic rings. The van der Waals surface area contributed by atoms with Crippen LogP contribution in [-0.4, -0.2) is 49.6 Å². The number of hydrogen-bond acceptors (Lipinski definition) is 7. The number of carbonyl (C=O) groups is 2. The third kappa shape index (κ3) is 3.71. The zero-order chi connectivity index (χ0) is 19.3. The van der Waals surface area contributed by atoms with E-state index in [1.165, 1.54) is 44.3 Å². The van der Waals surface area contributed by atoms with Crippen LogP contribution in [0.4, 0.5) is 5.82 Å². The fourth-order valence-electron chi connectivity index (χ4n) is 2.34. The first-order chi connectivity index (χ1) is 12.5. The number of aryl methyl sites for hydroxylation is 1. The van der Waals surface area contributed by atoms with Gasteiger partial charge in [-0.25, -0.2) is 4.79 Å². The van der Waals surface area contributed by atoms with Crippen molar-refractivity contribution in [3.05, 3.63) is 29.5 Å². The SMILES string of the molecule is CCOC(=O)c1cnn(C)c1NC(=O)c1cc(OC)c(OC)c(OC)c1. The molecule has 1 N–H and O–H groups in total. The molecule has 0 bridgehead atoms. The molecule has 0 radical (unpaired) electrons. The second-order valence-corrected chi connectivity index (χ2v) is 5.12. The Hall–Kier alpha value is -3.23. The summed E-state index contributed by atoms with van der Waals surface area (Å²) in [7, 11) is 5.99. The van der Waals surface area contributed by atoms with Crippen LogP contribution >= 0.6 is 0 Å². The molecular formula is C17H21N3O6. The van der Waals surface area contributed by atoms with Crippen molar-refractivity contribution in [2.24, 2.45) is 7.05 Å². The van der Waals surface area contributed by atoms with Gasteiger partial charge in [0, 0.05) is 12.6 Å². The number of nitrogens with one attached hydrogen (secondary N) is 1. The number of aromatic nitrogens is 2. The average molecular weight is 363 g/mol. The number of benzene rings is 1. The highest BCUT2D eigenvalue weighted by atomic mass is 16.5. The summed E-state index contributed by atoms with van der Waals surface area (Å²) in [6.45, 7) is 1.91. The first kappa shape index (κ1) is 19.1. The van der Waals surface area contributed by atoms with E-state index in [0.29, 0.717) is 17.2 Å². The molecule has 0 saturated carbocycles. The maximum atomic E-state index is 12.7. The molecule has 140 valence electrons. The van der Waals surface area contributed by atoms with Gasteiger partial charge in [-0.3, -0.25) is 9.48 Å². The van der Waals surface area contributed by atoms with Crippen LogP contribution in [0.1, 0.15) is 27.6 Å². The number of methoxy groups -OCH3 is 3. The summed E-state index contributed by atoms with van der Waals surface area (Å²) < 4.78 is 22.1. The molecule has 0 atom stereocenters. The molecule has 1 aromatic heterocycles. The third-order valence-electron chi connectivity index (χ3n) is 3.59. The van der Waals surface area contributed by atoms with E-state index in [1.54, 1.807) is 14.0 Å². The van der Waals surface area contributed by atoms with Crippen LogP contribution in [0.3, 0.4) is 0 Å². The van der Waals surface area contributed by atoms with Gasteiger partial charge in [0.1, 0.15) is 11.4 Å². The number of carbonyl (C=O) groups excluding carboxylic acids is 2. The Morgan fingerprint density at radius 2 is 1.73 bits per heavy atom. The lowest BCUT2D eigenvalue weighted by molar-refractivity contribution is 0.0527. The van der Waals surface area contributed by atoms with Gasteiger partial charge in [-0.15, -0.1) is 0 Å². The van der Waals surface area contributed by atoms with Gasteiger partial charge in [0.05, 0.1) is 34.1 Å². The predicted octanol–water partition coefficient (Wildman–Crippen LogP) is 1.87. The van der Waals surface area contributed by atoms with E-state index in [2.05, 4.69) is 10.4 Å². The zero-order valence-electron chi connectivity index (χ0n) is 15.3. The second kappa shape index (κ2) is 8.24. The minimum Gasteiger partial charge on any atom is -0.493 e. The summed E-state index contributed by atoms with van der Waals surface area (Å²) in [5, 5.41) is 6.66. The highest BCUT2D eigenvalue weighted by molar-refractivity contribution is 6.07. The highest BCUT2D eigenvalue weighted by Gasteiger charge is 2.22. The molecule has 0 aliphatic heterocycles. The maximum absolute atomic E-state index is 12.7. The minimum atomic E-state index is -0.569. The van der Waals surface area contributed by atoms with Crippen LogP contribution in [0.2, 0.25) is 0 Å². The first-order valence-corrected chi connectivity index (χ1v) is 7.77. The molecule has 2 aromatic rings. The molecule has 0 spiro atoms. The molecule has 0 aliphatic carbocycles. The van der Waals surface area contributed by atoms with Crippen molar-refractivity contribution in [1.29, 1.82) is 0 Å².